The zero-order valence-electron chi connectivity index (χ0n) is 6.17. The maximum atomic E-state index is 9.32. The molecule has 2 unspecified atom stereocenters. The van der Waals surface area contributed by atoms with Gasteiger partial charge >= 0.3 is 0 Å². The molecule has 0 aromatic rings. The molecule has 0 aromatic heterocycles. The molecule has 0 aromatic carbocycles. The van der Waals surface area contributed by atoms with Crippen molar-refractivity contribution in [1.29, 1.82) is 0 Å². The van der Waals surface area contributed by atoms with E-state index in [1.165, 1.54) is 6.42 Å². The van der Waals surface area contributed by atoms with Crippen LogP contribution in [0.5, 0.6) is 0 Å². The molecule has 0 amide bonds. The van der Waals surface area contributed by atoms with Crippen LogP contribution in [0, 0.1) is 0 Å². The van der Waals surface area contributed by atoms with Gasteiger partial charge in [-0.25, -0.2) is 0 Å². The SMILES string of the molecule is CN(C)C1CCCC1O. The molecule has 1 aliphatic rings. The highest BCUT2D eigenvalue weighted by Gasteiger charge is 2.26. The predicted molar refractivity (Wildman–Crippen MR) is 37.3 cm³/mol. The van der Waals surface area contributed by atoms with Gasteiger partial charge in [-0.2, -0.15) is 0 Å². The summed E-state index contributed by atoms with van der Waals surface area (Å²) in [5, 5.41) is 9.32. The quantitative estimate of drug-likeness (QED) is 0.556. The van der Waals surface area contributed by atoms with Crippen molar-refractivity contribution in [3.8, 4) is 0 Å². The normalized spacial score (nSPS) is 36.0. The summed E-state index contributed by atoms with van der Waals surface area (Å²) in [6, 6.07) is 0.421. The first-order valence-electron chi connectivity index (χ1n) is 3.56. The molecule has 2 atom stereocenters. The van der Waals surface area contributed by atoms with Crippen molar-refractivity contribution in [2.45, 2.75) is 31.4 Å². The summed E-state index contributed by atoms with van der Waals surface area (Å²) in [6.45, 7) is 0. The summed E-state index contributed by atoms with van der Waals surface area (Å²) < 4.78 is 0. The van der Waals surface area contributed by atoms with Crippen LogP contribution in [0.2, 0.25) is 0 Å². The van der Waals surface area contributed by atoms with E-state index in [0.29, 0.717) is 6.04 Å². The van der Waals surface area contributed by atoms with Crippen molar-refractivity contribution in [3.63, 3.8) is 0 Å². The van der Waals surface area contributed by atoms with Crippen molar-refractivity contribution >= 4 is 0 Å². The molecule has 54 valence electrons. The molecule has 0 spiro atoms. The third kappa shape index (κ3) is 1.43. The summed E-state index contributed by atoms with van der Waals surface area (Å²) in [7, 11) is 4.05. The first-order chi connectivity index (χ1) is 4.22. The zero-order chi connectivity index (χ0) is 6.85. The Morgan fingerprint density at radius 3 is 2.22 bits per heavy atom. The van der Waals surface area contributed by atoms with Gasteiger partial charge in [0.05, 0.1) is 6.10 Å². The Morgan fingerprint density at radius 2 is 2.00 bits per heavy atom. The number of rotatable bonds is 1. The van der Waals surface area contributed by atoms with Crippen molar-refractivity contribution in [3.05, 3.63) is 0 Å². The van der Waals surface area contributed by atoms with Gasteiger partial charge in [0.25, 0.3) is 0 Å². The molecule has 0 aliphatic heterocycles. The van der Waals surface area contributed by atoms with Crippen molar-refractivity contribution in [1.82, 2.24) is 4.90 Å². The van der Waals surface area contributed by atoms with Crippen molar-refractivity contribution in [2.75, 3.05) is 14.1 Å². The van der Waals surface area contributed by atoms with E-state index < -0.39 is 0 Å². The zero-order valence-corrected chi connectivity index (χ0v) is 6.17. The molecular formula is C7H15NO. The molecule has 1 N–H and O–H groups in total. The Hall–Kier alpha value is -0.0800. The van der Waals surface area contributed by atoms with Crippen molar-refractivity contribution in [2.24, 2.45) is 0 Å². The fourth-order valence-corrected chi connectivity index (χ4v) is 1.52. The standard InChI is InChI=1S/C7H15NO/c1-8(2)6-4-3-5-7(6)9/h6-7,9H,3-5H2,1-2H3. The van der Waals surface area contributed by atoms with E-state index in [0.717, 1.165) is 12.8 Å². The van der Waals surface area contributed by atoms with Crippen LogP contribution in [-0.2, 0) is 0 Å². The van der Waals surface area contributed by atoms with Crippen LogP contribution in [0.3, 0.4) is 0 Å². The second-order valence-corrected chi connectivity index (χ2v) is 3.03. The van der Waals surface area contributed by atoms with Gasteiger partial charge in [0.2, 0.25) is 0 Å². The average Bonchev–Trinajstić information content (AvgIpc) is 2.13. The summed E-state index contributed by atoms with van der Waals surface area (Å²) in [5.74, 6) is 0. The minimum Gasteiger partial charge on any atom is -0.391 e. The third-order valence-electron chi connectivity index (χ3n) is 2.11. The molecule has 1 saturated carbocycles. The predicted octanol–water partition coefficient (Wildman–Crippen LogP) is 0.461. The molecule has 1 rings (SSSR count). The van der Waals surface area contributed by atoms with E-state index in [4.69, 9.17) is 0 Å². The summed E-state index contributed by atoms with van der Waals surface area (Å²) in [6.07, 6.45) is 3.26. The molecular weight excluding hydrogens is 114 g/mol. The number of nitrogens with zero attached hydrogens (tertiary/aromatic N) is 1. The van der Waals surface area contributed by atoms with Crippen molar-refractivity contribution < 1.29 is 5.11 Å². The Balaban J connectivity index is 2.40. The largest absolute Gasteiger partial charge is 0.391 e. The van der Waals surface area contributed by atoms with E-state index in [-0.39, 0.29) is 6.10 Å². The average molecular weight is 129 g/mol. The summed E-state index contributed by atoms with van der Waals surface area (Å²) in [5.41, 5.74) is 0. The monoisotopic (exact) mass is 129 g/mol. The first kappa shape index (κ1) is 7.03. The van der Waals surface area contributed by atoms with Gasteiger partial charge in [0, 0.05) is 6.04 Å². The lowest BCUT2D eigenvalue weighted by Gasteiger charge is -2.21. The lowest BCUT2D eigenvalue weighted by atomic mass is 10.2. The summed E-state index contributed by atoms with van der Waals surface area (Å²) in [4.78, 5) is 2.11. The van der Waals surface area contributed by atoms with E-state index in [1.807, 2.05) is 14.1 Å². The van der Waals surface area contributed by atoms with Crippen LogP contribution in [0.1, 0.15) is 19.3 Å². The second-order valence-electron chi connectivity index (χ2n) is 3.03. The van der Waals surface area contributed by atoms with Gasteiger partial charge in [-0.3, -0.25) is 0 Å². The first-order valence-corrected chi connectivity index (χ1v) is 3.56. The maximum Gasteiger partial charge on any atom is 0.0695 e. The van der Waals surface area contributed by atoms with Crippen LogP contribution >= 0.6 is 0 Å². The van der Waals surface area contributed by atoms with E-state index in [9.17, 15) is 5.11 Å². The molecule has 0 heterocycles. The van der Waals surface area contributed by atoms with Gasteiger partial charge in [-0.15, -0.1) is 0 Å². The van der Waals surface area contributed by atoms with E-state index in [1.54, 1.807) is 0 Å². The fraction of sp³-hybridized carbons (Fsp3) is 1.00. The van der Waals surface area contributed by atoms with Crippen LogP contribution < -0.4 is 0 Å². The molecule has 0 saturated heterocycles. The maximum absolute atomic E-state index is 9.32. The summed E-state index contributed by atoms with van der Waals surface area (Å²) >= 11 is 0. The highest BCUT2D eigenvalue weighted by Crippen LogP contribution is 2.21. The van der Waals surface area contributed by atoms with E-state index >= 15 is 0 Å². The Bertz CT molecular complexity index is 92.9. The Kier molecular flexibility index (Phi) is 2.09. The lowest BCUT2D eigenvalue weighted by molar-refractivity contribution is 0.100. The second kappa shape index (κ2) is 2.67. The van der Waals surface area contributed by atoms with E-state index in [2.05, 4.69) is 4.90 Å². The van der Waals surface area contributed by atoms with Crippen LogP contribution in [0.25, 0.3) is 0 Å². The number of hydrogen-bond acceptors (Lipinski definition) is 2. The number of aliphatic hydroxyl groups is 1. The highest BCUT2D eigenvalue weighted by atomic mass is 16.3. The number of aliphatic hydroxyl groups excluding tert-OH is 1. The van der Waals surface area contributed by atoms with Gasteiger partial charge in [0.15, 0.2) is 0 Å². The molecule has 0 radical (unpaired) electrons. The molecule has 9 heavy (non-hydrogen) atoms. The minimum absolute atomic E-state index is 0.0694. The van der Waals surface area contributed by atoms with Gasteiger partial charge in [-0.05, 0) is 33.4 Å². The third-order valence-corrected chi connectivity index (χ3v) is 2.11. The minimum atomic E-state index is -0.0694. The lowest BCUT2D eigenvalue weighted by Crippen LogP contribution is -2.34. The number of likely N-dealkylation sites (N-methyl/N-ethyl adjacent to an activating group) is 1. The highest BCUT2D eigenvalue weighted by molar-refractivity contribution is 4.81. The van der Waals surface area contributed by atoms with Gasteiger partial charge in [-0.1, -0.05) is 0 Å². The smallest absolute Gasteiger partial charge is 0.0695 e. The topological polar surface area (TPSA) is 23.5 Å². The molecule has 1 fully saturated rings. The van der Waals surface area contributed by atoms with Gasteiger partial charge in [0.1, 0.15) is 0 Å². The Morgan fingerprint density at radius 1 is 1.33 bits per heavy atom. The van der Waals surface area contributed by atoms with Crippen LogP contribution in [-0.4, -0.2) is 36.2 Å². The van der Waals surface area contributed by atoms with Crippen LogP contribution in [0.15, 0.2) is 0 Å². The van der Waals surface area contributed by atoms with Gasteiger partial charge < -0.3 is 10.0 Å². The van der Waals surface area contributed by atoms with Crippen LogP contribution in [0.4, 0.5) is 0 Å². The molecule has 2 heteroatoms. The fourth-order valence-electron chi connectivity index (χ4n) is 1.52. The number of hydrogen-bond donors (Lipinski definition) is 1. The molecule has 0 bridgehead atoms. The molecule has 1 aliphatic carbocycles. The Labute approximate surface area is 56.5 Å². The molecule has 2 nitrogen and oxygen atoms in total.